The molecule has 2 aromatic rings. The number of ether oxygens (including phenoxy) is 1. The summed E-state index contributed by atoms with van der Waals surface area (Å²) in [5.41, 5.74) is 1.02. The van der Waals surface area contributed by atoms with E-state index in [1.54, 1.807) is 28.6 Å². The van der Waals surface area contributed by atoms with Crippen LogP contribution in [0.2, 0.25) is 0 Å². The van der Waals surface area contributed by atoms with Crippen molar-refractivity contribution in [2.45, 2.75) is 17.9 Å². The molecule has 0 amide bonds. The third kappa shape index (κ3) is 3.86. The van der Waals surface area contributed by atoms with Gasteiger partial charge in [-0.3, -0.25) is 0 Å². The van der Waals surface area contributed by atoms with Crippen LogP contribution in [-0.4, -0.2) is 50.9 Å². The van der Waals surface area contributed by atoms with Crippen LogP contribution in [0.5, 0.6) is 5.75 Å². The van der Waals surface area contributed by atoms with E-state index in [2.05, 4.69) is 4.90 Å². The molecule has 1 aliphatic rings. The third-order valence-corrected chi connectivity index (χ3v) is 6.38. The Hall–Kier alpha value is -1.89. The Balaban J connectivity index is 1.93. The van der Waals surface area contributed by atoms with Crippen LogP contribution in [-0.2, 0) is 10.0 Å². The van der Waals surface area contributed by atoms with E-state index < -0.39 is 10.0 Å². The van der Waals surface area contributed by atoms with Gasteiger partial charge in [0, 0.05) is 19.6 Å². The molecule has 0 aromatic heterocycles. The fourth-order valence-electron chi connectivity index (χ4n) is 3.15. The lowest BCUT2D eigenvalue weighted by molar-refractivity contribution is 0.160. The molecule has 2 aromatic carbocycles. The van der Waals surface area contributed by atoms with Crippen molar-refractivity contribution >= 4 is 10.0 Å². The Bertz CT molecular complexity index is 791. The molecule has 5 nitrogen and oxygen atoms in total. The second-order valence-electron chi connectivity index (χ2n) is 6.21. The summed E-state index contributed by atoms with van der Waals surface area (Å²) in [6, 6.07) is 16.3. The summed E-state index contributed by atoms with van der Waals surface area (Å²) in [5, 5.41) is 0. The Morgan fingerprint density at radius 2 is 1.72 bits per heavy atom. The highest BCUT2D eigenvalue weighted by molar-refractivity contribution is 7.89. The maximum atomic E-state index is 13.2. The highest BCUT2D eigenvalue weighted by atomic mass is 32.2. The van der Waals surface area contributed by atoms with Crippen molar-refractivity contribution in [3.63, 3.8) is 0 Å². The maximum absolute atomic E-state index is 13.2. The molecule has 0 radical (unpaired) electrons. The first-order chi connectivity index (χ1) is 12.0. The normalized spacial score (nSPS) is 19.7. The smallest absolute Gasteiger partial charge is 0.243 e. The van der Waals surface area contributed by atoms with Gasteiger partial charge in [0.15, 0.2) is 0 Å². The Morgan fingerprint density at radius 3 is 2.36 bits per heavy atom. The monoisotopic (exact) mass is 360 g/mol. The van der Waals surface area contributed by atoms with Crippen molar-refractivity contribution in [3.8, 4) is 5.75 Å². The van der Waals surface area contributed by atoms with E-state index >= 15 is 0 Å². The second-order valence-corrected chi connectivity index (χ2v) is 8.10. The average molecular weight is 360 g/mol. The molecule has 1 atom stereocenters. The summed E-state index contributed by atoms with van der Waals surface area (Å²) < 4.78 is 33.5. The zero-order valence-corrected chi connectivity index (χ0v) is 15.4. The van der Waals surface area contributed by atoms with Gasteiger partial charge in [0.1, 0.15) is 5.75 Å². The van der Waals surface area contributed by atoms with E-state index in [9.17, 15) is 8.42 Å². The Kier molecular flexibility index (Phi) is 5.42. The number of sulfonamides is 1. The summed E-state index contributed by atoms with van der Waals surface area (Å²) in [4.78, 5) is 2.48. The van der Waals surface area contributed by atoms with Crippen LogP contribution in [0, 0.1) is 0 Å². The number of hydrogen-bond donors (Lipinski definition) is 0. The van der Waals surface area contributed by atoms with Crippen LogP contribution in [0.4, 0.5) is 0 Å². The highest BCUT2D eigenvalue weighted by Crippen LogP contribution is 2.31. The number of rotatable bonds is 5. The van der Waals surface area contributed by atoms with Gasteiger partial charge < -0.3 is 9.64 Å². The van der Waals surface area contributed by atoms with Crippen molar-refractivity contribution in [3.05, 3.63) is 60.2 Å². The van der Waals surface area contributed by atoms with E-state index in [0.29, 0.717) is 30.3 Å². The molecular formula is C19H24N2O3S. The molecule has 25 heavy (non-hydrogen) atoms. The second kappa shape index (κ2) is 7.56. The number of nitrogens with zero attached hydrogens (tertiary/aromatic N) is 2. The van der Waals surface area contributed by atoms with Gasteiger partial charge in [0.25, 0.3) is 0 Å². The lowest BCUT2D eigenvalue weighted by atomic mass is 10.1. The molecule has 1 fully saturated rings. The molecule has 0 saturated carbocycles. The Morgan fingerprint density at radius 1 is 1.04 bits per heavy atom. The van der Waals surface area contributed by atoms with E-state index in [1.807, 2.05) is 44.3 Å². The maximum Gasteiger partial charge on any atom is 0.243 e. The van der Waals surface area contributed by atoms with E-state index in [-0.39, 0.29) is 6.04 Å². The fraction of sp³-hybridized carbons (Fsp3) is 0.368. The van der Waals surface area contributed by atoms with Gasteiger partial charge in [-0.05, 0) is 43.8 Å². The first-order valence-electron chi connectivity index (χ1n) is 8.50. The zero-order chi connectivity index (χ0) is 17.9. The van der Waals surface area contributed by atoms with E-state index in [0.717, 1.165) is 12.1 Å². The summed E-state index contributed by atoms with van der Waals surface area (Å²) in [5.74, 6) is 0.680. The van der Waals surface area contributed by atoms with Crippen molar-refractivity contribution < 1.29 is 13.2 Å². The molecule has 0 unspecified atom stereocenters. The lowest BCUT2D eigenvalue weighted by Crippen LogP contribution is -2.49. The fourth-order valence-corrected chi connectivity index (χ4v) is 4.74. The summed E-state index contributed by atoms with van der Waals surface area (Å²) in [7, 11) is -1.54. The van der Waals surface area contributed by atoms with Crippen molar-refractivity contribution in [2.75, 3.05) is 33.3 Å². The molecule has 3 rings (SSSR count). The lowest BCUT2D eigenvalue weighted by Gasteiger charge is -2.39. The molecule has 1 heterocycles. The predicted octanol–water partition coefficient (Wildman–Crippen LogP) is 2.76. The minimum Gasteiger partial charge on any atom is -0.494 e. The van der Waals surface area contributed by atoms with Gasteiger partial charge in [-0.15, -0.1) is 0 Å². The molecule has 6 heteroatoms. The molecule has 1 aliphatic heterocycles. The average Bonchev–Trinajstić information content (AvgIpc) is 2.63. The van der Waals surface area contributed by atoms with Crippen LogP contribution in [0.25, 0.3) is 0 Å². The standard InChI is InChI=1S/C19H24N2O3S/c1-3-24-17-9-11-18(12-10-17)25(22,23)21-14-13-20(2)15-19(21)16-7-5-4-6-8-16/h4-12,19H,3,13-15H2,1-2H3/t19-/m1/s1. The number of hydrogen-bond acceptors (Lipinski definition) is 4. The first kappa shape index (κ1) is 17.9. The van der Waals surface area contributed by atoms with Gasteiger partial charge in [-0.2, -0.15) is 4.31 Å². The van der Waals surface area contributed by atoms with Crippen LogP contribution in [0.1, 0.15) is 18.5 Å². The molecular weight excluding hydrogens is 336 g/mol. The van der Waals surface area contributed by atoms with Crippen LogP contribution in [0.15, 0.2) is 59.5 Å². The quantitative estimate of drug-likeness (QED) is 0.823. The largest absolute Gasteiger partial charge is 0.494 e. The Labute approximate surface area is 149 Å². The number of piperazine rings is 1. The van der Waals surface area contributed by atoms with E-state index in [4.69, 9.17) is 4.74 Å². The zero-order valence-electron chi connectivity index (χ0n) is 14.6. The van der Waals surface area contributed by atoms with Gasteiger partial charge >= 0.3 is 0 Å². The highest BCUT2D eigenvalue weighted by Gasteiger charge is 2.36. The first-order valence-corrected chi connectivity index (χ1v) is 9.94. The minimum absolute atomic E-state index is 0.184. The van der Waals surface area contributed by atoms with Crippen LogP contribution >= 0.6 is 0 Å². The third-order valence-electron chi connectivity index (χ3n) is 4.46. The van der Waals surface area contributed by atoms with Gasteiger partial charge in [-0.25, -0.2) is 8.42 Å². The van der Waals surface area contributed by atoms with Crippen molar-refractivity contribution in [1.82, 2.24) is 9.21 Å². The summed E-state index contributed by atoms with van der Waals surface area (Å²) in [6.45, 7) is 4.34. The number of likely N-dealkylation sites (N-methyl/N-ethyl adjacent to an activating group) is 1. The topological polar surface area (TPSA) is 49.9 Å². The van der Waals surface area contributed by atoms with Gasteiger partial charge in [0.2, 0.25) is 10.0 Å². The molecule has 0 aliphatic carbocycles. The van der Waals surface area contributed by atoms with E-state index in [1.165, 1.54) is 0 Å². The molecule has 134 valence electrons. The summed E-state index contributed by atoms with van der Waals surface area (Å²) >= 11 is 0. The van der Waals surface area contributed by atoms with Crippen molar-refractivity contribution in [1.29, 1.82) is 0 Å². The van der Waals surface area contributed by atoms with Crippen LogP contribution in [0.3, 0.4) is 0 Å². The predicted molar refractivity (Wildman–Crippen MR) is 98.2 cm³/mol. The number of benzene rings is 2. The molecule has 0 spiro atoms. The van der Waals surface area contributed by atoms with Gasteiger partial charge in [0.05, 0.1) is 17.5 Å². The SMILES string of the molecule is CCOc1ccc(S(=O)(=O)N2CCN(C)C[C@@H]2c2ccccc2)cc1. The van der Waals surface area contributed by atoms with Crippen molar-refractivity contribution in [2.24, 2.45) is 0 Å². The van der Waals surface area contributed by atoms with Crippen LogP contribution < -0.4 is 4.74 Å². The molecule has 0 bridgehead atoms. The molecule has 0 N–H and O–H groups in total. The molecule has 1 saturated heterocycles. The summed E-state index contributed by atoms with van der Waals surface area (Å²) in [6.07, 6.45) is 0. The minimum atomic E-state index is -3.56. The van der Waals surface area contributed by atoms with Gasteiger partial charge in [-0.1, -0.05) is 30.3 Å².